The summed E-state index contributed by atoms with van der Waals surface area (Å²) in [5.41, 5.74) is 3.94. The van der Waals surface area contributed by atoms with Crippen LogP contribution in [-0.2, 0) is 24.3 Å². The number of hydrogen-bond acceptors (Lipinski definition) is 3. The first-order chi connectivity index (χ1) is 13.0. The van der Waals surface area contributed by atoms with Gasteiger partial charge in [0.25, 0.3) is 5.56 Å². The predicted octanol–water partition coefficient (Wildman–Crippen LogP) is 3.18. The molecule has 3 aromatic rings. The average molecular weight is 364 g/mol. The van der Waals surface area contributed by atoms with Gasteiger partial charge in [0.05, 0.1) is 5.52 Å². The van der Waals surface area contributed by atoms with Crippen LogP contribution in [0.25, 0.3) is 11.0 Å². The van der Waals surface area contributed by atoms with E-state index in [9.17, 15) is 9.59 Å². The Labute approximate surface area is 157 Å². The van der Waals surface area contributed by atoms with Gasteiger partial charge in [0, 0.05) is 24.3 Å². The van der Waals surface area contributed by atoms with E-state index in [4.69, 9.17) is 4.98 Å². The van der Waals surface area contributed by atoms with Crippen LogP contribution >= 0.6 is 0 Å². The standard InChI is InChI=1S/C21H24N4O2/c1-14-7-9-16(10-8-14)22-19(26)13-25-15(2)12-17-20(25)21(27)24-11-5-3-4-6-18(24)23-17/h7-10,12H,3-6,11,13H2,1-2H3,(H,22,26). The van der Waals surface area contributed by atoms with Crippen LogP contribution in [0.15, 0.2) is 35.1 Å². The van der Waals surface area contributed by atoms with E-state index in [1.54, 1.807) is 9.13 Å². The third-order valence-electron chi connectivity index (χ3n) is 5.21. The lowest BCUT2D eigenvalue weighted by molar-refractivity contribution is -0.116. The van der Waals surface area contributed by atoms with E-state index in [0.29, 0.717) is 17.6 Å². The quantitative estimate of drug-likeness (QED) is 0.776. The molecular formula is C21H24N4O2. The van der Waals surface area contributed by atoms with Gasteiger partial charge in [0.1, 0.15) is 17.9 Å². The number of amides is 1. The second-order valence-electron chi connectivity index (χ2n) is 7.32. The molecule has 0 aliphatic carbocycles. The Morgan fingerprint density at radius 1 is 1.15 bits per heavy atom. The molecule has 0 bridgehead atoms. The molecule has 0 spiro atoms. The van der Waals surface area contributed by atoms with E-state index in [0.717, 1.165) is 48.5 Å². The van der Waals surface area contributed by atoms with Crippen molar-refractivity contribution in [3.8, 4) is 0 Å². The highest BCUT2D eigenvalue weighted by Crippen LogP contribution is 2.19. The van der Waals surface area contributed by atoms with Gasteiger partial charge >= 0.3 is 0 Å². The van der Waals surface area contributed by atoms with Gasteiger partial charge < -0.3 is 9.88 Å². The SMILES string of the molecule is Cc1ccc(NC(=O)Cn2c(C)cc3nc4n(c(=O)c32)CCCCC4)cc1. The summed E-state index contributed by atoms with van der Waals surface area (Å²) in [7, 11) is 0. The molecule has 1 aliphatic rings. The van der Waals surface area contributed by atoms with E-state index in [2.05, 4.69) is 5.32 Å². The lowest BCUT2D eigenvalue weighted by Crippen LogP contribution is -2.28. The lowest BCUT2D eigenvalue weighted by Gasteiger charge is -2.12. The van der Waals surface area contributed by atoms with Gasteiger partial charge in [-0.2, -0.15) is 0 Å². The first-order valence-electron chi connectivity index (χ1n) is 9.49. The number of aromatic nitrogens is 3. The Morgan fingerprint density at radius 3 is 2.70 bits per heavy atom. The van der Waals surface area contributed by atoms with Crippen molar-refractivity contribution in [1.82, 2.24) is 14.1 Å². The maximum Gasteiger partial charge on any atom is 0.278 e. The topological polar surface area (TPSA) is 68.9 Å². The molecule has 1 N–H and O–H groups in total. The molecule has 0 radical (unpaired) electrons. The molecule has 2 aromatic heterocycles. The smallest absolute Gasteiger partial charge is 0.278 e. The number of carbonyl (C=O) groups is 1. The van der Waals surface area contributed by atoms with Gasteiger partial charge in [0.15, 0.2) is 0 Å². The molecule has 4 rings (SSSR count). The van der Waals surface area contributed by atoms with E-state index < -0.39 is 0 Å². The normalized spacial score (nSPS) is 14.0. The zero-order valence-corrected chi connectivity index (χ0v) is 15.8. The molecule has 0 fully saturated rings. The number of nitrogens with zero attached hydrogens (tertiary/aromatic N) is 3. The first-order valence-corrected chi connectivity index (χ1v) is 9.49. The van der Waals surface area contributed by atoms with Crippen molar-refractivity contribution in [2.24, 2.45) is 0 Å². The third-order valence-corrected chi connectivity index (χ3v) is 5.21. The van der Waals surface area contributed by atoms with Gasteiger partial charge in [-0.05, 0) is 44.9 Å². The van der Waals surface area contributed by atoms with Gasteiger partial charge in [-0.3, -0.25) is 14.2 Å². The maximum absolute atomic E-state index is 13.1. The Morgan fingerprint density at radius 2 is 1.93 bits per heavy atom. The van der Waals surface area contributed by atoms with Crippen LogP contribution in [0.4, 0.5) is 5.69 Å². The van der Waals surface area contributed by atoms with Gasteiger partial charge in [-0.25, -0.2) is 4.98 Å². The van der Waals surface area contributed by atoms with Crippen molar-refractivity contribution in [2.45, 2.75) is 52.6 Å². The monoisotopic (exact) mass is 364 g/mol. The Bertz CT molecular complexity index is 1060. The van der Waals surface area contributed by atoms with Crippen LogP contribution in [0.5, 0.6) is 0 Å². The van der Waals surface area contributed by atoms with Crippen molar-refractivity contribution in [1.29, 1.82) is 0 Å². The molecule has 3 heterocycles. The number of hydrogen-bond donors (Lipinski definition) is 1. The number of carbonyl (C=O) groups excluding carboxylic acids is 1. The second-order valence-corrected chi connectivity index (χ2v) is 7.32. The minimum absolute atomic E-state index is 0.0341. The molecule has 0 saturated heterocycles. The van der Waals surface area contributed by atoms with Crippen LogP contribution in [0.2, 0.25) is 0 Å². The lowest BCUT2D eigenvalue weighted by atomic mass is 10.2. The summed E-state index contributed by atoms with van der Waals surface area (Å²) in [5, 5.41) is 2.90. The molecule has 0 saturated carbocycles. The number of benzene rings is 1. The van der Waals surface area contributed by atoms with Crippen molar-refractivity contribution in [3.63, 3.8) is 0 Å². The van der Waals surface area contributed by atoms with E-state index in [1.807, 2.05) is 44.2 Å². The van der Waals surface area contributed by atoms with Crippen molar-refractivity contribution < 1.29 is 4.79 Å². The molecule has 6 nitrogen and oxygen atoms in total. The van der Waals surface area contributed by atoms with E-state index in [-0.39, 0.29) is 18.0 Å². The van der Waals surface area contributed by atoms with Crippen LogP contribution in [-0.4, -0.2) is 20.0 Å². The molecule has 1 aromatic carbocycles. The highest BCUT2D eigenvalue weighted by molar-refractivity contribution is 5.91. The Hall–Kier alpha value is -2.89. The van der Waals surface area contributed by atoms with Crippen LogP contribution in [0.3, 0.4) is 0 Å². The van der Waals surface area contributed by atoms with Gasteiger partial charge in [0.2, 0.25) is 5.91 Å². The summed E-state index contributed by atoms with van der Waals surface area (Å²) >= 11 is 0. The molecule has 1 aliphatic heterocycles. The molecule has 6 heteroatoms. The Balaban J connectivity index is 1.68. The summed E-state index contributed by atoms with van der Waals surface area (Å²) in [5.74, 6) is 0.713. The Kier molecular flexibility index (Phi) is 4.56. The van der Waals surface area contributed by atoms with Gasteiger partial charge in [-0.15, -0.1) is 0 Å². The summed E-state index contributed by atoms with van der Waals surface area (Å²) in [4.78, 5) is 30.4. The van der Waals surface area contributed by atoms with Gasteiger partial charge in [-0.1, -0.05) is 24.1 Å². The zero-order valence-electron chi connectivity index (χ0n) is 15.8. The van der Waals surface area contributed by atoms with Crippen LogP contribution in [0, 0.1) is 13.8 Å². The molecule has 140 valence electrons. The van der Waals surface area contributed by atoms with Crippen LogP contribution in [0.1, 0.15) is 36.3 Å². The van der Waals surface area contributed by atoms with E-state index in [1.165, 1.54) is 0 Å². The van der Waals surface area contributed by atoms with Crippen molar-refractivity contribution >= 4 is 22.6 Å². The summed E-state index contributed by atoms with van der Waals surface area (Å²) in [6, 6.07) is 9.57. The highest BCUT2D eigenvalue weighted by atomic mass is 16.2. The molecule has 1 amide bonds. The minimum Gasteiger partial charge on any atom is -0.330 e. The second kappa shape index (κ2) is 7.02. The first kappa shape index (κ1) is 17.5. The number of nitrogens with one attached hydrogen (secondary N) is 1. The molecular weight excluding hydrogens is 340 g/mol. The minimum atomic E-state index is -0.154. The fourth-order valence-electron chi connectivity index (χ4n) is 3.75. The summed E-state index contributed by atoms with van der Waals surface area (Å²) in [6.07, 6.45) is 4.01. The zero-order chi connectivity index (χ0) is 19.0. The van der Waals surface area contributed by atoms with Crippen LogP contribution < -0.4 is 10.9 Å². The fourth-order valence-corrected chi connectivity index (χ4v) is 3.75. The summed E-state index contributed by atoms with van der Waals surface area (Å²) < 4.78 is 3.58. The highest BCUT2D eigenvalue weighted by Gasteiger charge is 2.19. The van der Waals surface area contributed by atoms with Crippen molar-refractivity contribution in [3.05, 3.63) is 57.8 Å². The number of aryl methyl sites for hydroxylation is 3. The number of anilines is 1. The largest absolute Gasteiger partial charge is 0.330 e. The molecule has 27 heavy (non-hydrogen) atoms. The molecule has 0 atom stereocenters. The average Bonchev–Trinajstić information content (AvgIpc) is 2.81. The predicted molar refractivity (Wildman–Crippen MR) is 106 cm³/mol. The maximum atomic E-state index is 13.1. The fraction of sp³-hybridized carbons (Fsp3) is 0.381. The summed E-state index contributed by atoms with van der Waals surface area (Å²) in [6.45, 7) is 4.72. The van der Waals surface area contributed by atoms with Crippen molar-refractivity contribution in [2.75, 3.05) is 5.32 Å². The third kappa shape index (κ3) is 3.39. The number of fused-ring (bicyclic) bond motifs is 2. The van der Waals surface area contributed by atoms with E-state index >= 15 is 0 Å². The molecule has 0 unspecified atom stereocenters. The number of rotatable bonds is 3.